The number of thiazole rings is 1. The highest BCUT2D eigenvalue weighted by molar-refractivity contribution is 7.21. The first kappa shape index (κ1) is 15.2. The van der Waals surface area contributed by atoms with Crippen LogP contribution in [0.25, 0.3) is 10.3 Å². The lowest BCUT2D eigenvalue weighted by Crippen LogP contribution is -2.27. The van der Waals surface area contributed by atoms with Crippen LogP contribution in [0.15, 0.2) is 12.1 Å². The lowest BCUT2D eigenvalue weighted by Gasteiger charge is -2.18. The third kappa shape index (κ3) is 3.53. The van der Waals surface area contributed by atoms with E-state index in [1.165, 1.54) is 11.3 Å². The fraction of sp³-hybridized carbons (Fsp3) is 0.533. The van der Waals surface area contributed by atoms with Gasteiger partial charge in [-0.1, -0.05) is 11.3 Å². The summed E-state index contributed by atoms with van der Waals surface area (Å²) in [6.45, 7) is 6.98. The van der Waals surface area contributed by atoms with Crippen LogP contribution in [0.1, 0.15) is 38.8 Å². The number of carbonyl (C=O) groups excluding carboxylic acids is 1. The van der Waals surface area contributed by atoms with Crippen LogP contribution in [-0.4, -0.2) is 34.9 Å². The molecule has 1 aliphatic rings. The minimum Gasteiger partial charge on any atom is -0.444 e. The van der Waals surface area contributed by atoms with Crippen LogP contribution < -0.4 is 5.32 Å². The molecule has 0 spiro atoms. The van der Waals surface area contributed by atoms with Gasteiger partial charge < -0.3 is 9.47 Å². The van der Waals surface area contributed by atoms with Crippen molar-refractivity contribution in [3.8, 4) is 0 Å². The van der Waals surface area contributed by atoms with Crippen LogP contribution in [0.3, 0.4) is 0 Å². The molecule has 0 aromatic carbocycles. The molecule has 3 heterocycles. The standard InChI is InChI=1S/C15H19N3O3S/c1-15(2,3)21-14(19)18-13-17-11-5-4-10(16-12(11)22-13)9-6-7-20-8-9/h4-5,9H,6-8H2,1-3H3,(H,17,18,19). The molecule has 1 aliphatic heterocycles. The number of fused-ring (bicyclic) bond motifs is 1. The SMILES string of the molecule is CC(C)(C)OC(=O)Nc1nc2ccc(C3CCOC3)nc2s1. The molecule has 0 saturated carbocycles. The van der Waals surface area contributed by atoms with Crippen molar-refractivity contribution < 1.29 is 14.3 Å². The van der Waals surface area contributed by atoms with E-state index in [1.54, 1.807) is 0 Å². The lowest BCUT2D eigenvalue weighted by molar-refractivity contribution is 0.0636. The van der Waals surface area contributed by atoms with Crippen LogP contribution in [0, 0.1) is 0 Å². The van der Waals surface area contributed by atoms with Crippen molar-refractivity contribution in [2.24, 2.45) is 0 Å². The molecule has 118 valence electrons. The molecule has 1 unspecified atom stereocenters. The third-order valence-electron chi connectivity index (χ3n) is 3.23. The molecule has 2 aromatic heterocycles. The third-order valence-corrected chi connectivity index (χ3v) is 4.11. The molecular formula is C15H19N3O3S. The average molecular weight is 321 g/mol. The van der Waals surface area contributed by atoms with Gasteiger partial charge in [0, 0.05) is 18.2 Å². The molecule has 1 amide bonds. The Morgan fingerprint density at radius 1 is 1.41 bits per heavy atom. The number of amides is 1. The summed E-state index contributed by atoms with van der Waals surface area (Å²) < 4.78 is 10.6. The molecule has 1 saturated heterocycles. The van der Waals surface area contributed by atoms with Crippen molar-refractivity contribution in [3.05, 3.63) is 17.8 Å². The van der Waals surface area contributed by atoms with Gasteiger partial charge in [-0.15, -0.1) is 0 Å². The van der Waals surface area contributed by atoms with E-state index in [1.807, 2.05) is 32.9 Å². The maximum Gasteiger partial charge on any atom is 0.413 e. The number of pyridine rings is 1. The number of aromatic nitrogens is 2. The molecule has 6 nitrogen and oxygen atoms in total. The summed E-state index contributed by atoms with van der Waals surface area (Å²) in [6, 6.07) is 3.92. The fourth-order valence-electron chi connectivity index (χ4n) is 2.27. The van der Waals surface area contributed by atoms with Crippen LogP contribution in [0.5, 0.6) is 0 Å². The number of hydrogen-bond donors (Lipinski definition) is 1. The van der Waals surface area contributed by atoms with Crippen LogP contribution in [0.4, 0.5) is 9.93 Å². The molecular weight excluding hydrogens is 302 g/mol. The molecule has 0 aliphatic carbocycles. The van der Waals surface area contributed by atoms with Gasteiger partial charge in [0.05, 0.1) is 6.61 Å². The van der Waals surface area contributed by atoms with Crippen LogP contribution in [-0.2, 0) is 9.47 Å². The summed E-state index contributed by atoms with van der Waals surface area (Å²) in [6.07, 6.45) is 0.497. The van der Waals surface area contributed by atoms with E-state index in [0.717, 1.165) is 35.7 Å². The number of hydrogen-bond acceptors (Lipinski definition) is 6. The molecule has 1 atom stereocenters. The van der Waals surface area contributed by atoms with Crippen molar-refractivity contribution in [2.45, 2.75) is 38.7 Å². The molecule has 0 radical (unpaired) electrons. The monoisotopic (exact) mass is 321 g/mol. The number of anilines is 1. The van der Waals surface area contributed by atoms with E-state index in [9.17, 15) is 4.79 Å². The van der Waals surface area contributed by atoms with E-state index in [0.29, 0.717) is 11.0 Å². The maximum absolute atomic E-state index is 11.8. The smallest absolute Gasteiger partial charge is 0.413 e. The van der Waals surface area contributed by atoms with Gasteiger partial charge in [0.2, 0.25) is 0 Å². The topological polar surface area (TPSA) is 73.3 Å². The first-order valence-electron chi connectivity index (χ1n) is 7.26. The second-order valence-corrected chi connectivity index (χ2v) is 7.24. The number of ether oxygens (including phenoxy) is 2. The summed E-state index contributed by atoms with van der Waals surface area (Å²) in [5.74, 6) is 0.355. The first-order chi connectivity index (χ1) is 10.4. The van der Waals surface area contributed by atoms with E-state index in [-0.39, 0.29) is 0 Å². The Hall–Kier alpha value is -1.73. The highest BCUT2D eigenvalue weighted by atomic mass is 32.1. The Morgan fingerprint density at radius 3 is 2.91 bits per heavy atom. The van der Waals surface area contributed by atoms with E-state index < -0.39 is 11.7 Å². The number of nitrogens with one attached hydrogen (secondary N) is 1. The number of carbonyl (C=O) groups is 1. The second kappa shape index (κ2) is 5.81. The van der Waals surface area contributed by atoms with Gasteiger partial charge in [-0.3, -0.25) is 5.32 Å². The fourth-order valence-corrected chi connectivity index (χ4v) is 3.10. The zero-order chi connectivity index (χ0) is 15.7. The summed E-state index contributed by atoms with van der Waals surface area (Å²) in [7, 11) is 0. The highest BCUT2D eigenvalue weighted by Gasteiger charge is 2.21. The Balaban J connectivity index is 1.76. The van der Waals surface area contributed by atoms with Crippen molar-refractivity contribution in [1.29, 1.82) is 0 Å². The van der Waals surface area contributed by atoms with Gasteiger partial charge in [0.25, 0.3) is 0 Å². The Bertz CT molecular complexity index is 687. The Kier molecular flexibility index (Phi) is 4.01. The number of rotatable bonds is 2. The first-order valence-corrected chi connectivity index (χ1v) is 8.07. The second-order valence-electron chi connectivity index (χ2n) is 6.27. The van der Waals surface area contributed by atoms with Gasteiger partial charge in [-0.2, -0.15) is 0 Å². The van der Waals surface area contributed by atoms with Crippen LogP contribution in [0.2, 0.25) is 0 Å². The van der Waals surface area contributed by atoms with Crippen molar-refractivity contribution in [3.63, 3.8) is 0 Å². The van der Waals surface area contributed by atoms with Gasteiger partial charge >= 0.3 is 6.09 Å². The molecule has 1 fully saturated rings. The molecule has 22 heavy (non-hydrogen) atoms. The van der Waals surface area contributed by atoms with E-state index in [2.05, 4.69) is 15.3 Å². The zero-order valence-electron chi connectivity index (χ0n) is 12.9. The zero-order valence-corrected chi connectivity index (χ0v) is 13.7. The number of nitrogens with zero attached hydrogens (tertiary/aromatic N) is 2. The van der Waals surface area contributed by atoms with E-state index in [4.69, 9.17) is 9.47 Å². The quantitative estimate of drug-likeness (QED) is 0.916. The largest absolute Gasteiger partial charge is 0.444 e. The summed E-state index contributed by atoms with van der Waals surface area (Å²) in [5, 5.41) is 3.16. The maximum atomic E-state index is 11.8. The van der Waals surface area contributed by atoms with Crippen molar-refractivity contribution in [1.82, 2.24) is 9.97 Å². The van der Waals surface area contributed by atoms with Crippen molar-refractivity contribution >= 4 is 32.9 Å². The highest BCUT2D eigenvalue weighted by Crippen LogP contribution is 2.29. The molecule has 1 N–H and O–H groups in total. The van der Waals surface area contributed by atoms with Gasteiger partial charge in [0.15, 0.2) is 5.13 Å². The molecule has 2 aromatic rings. The van der Waals surface area contributed by atoms with Gasteiger partial charge in [-0.25, -0.2) is 14.8 Å². The predicted octanol–water partition coefficient (Wildman–Crippen LogP) is 3.54. The van der Waals surface area contributed by atoms with Crippen molar-refractivity contribution in [2.75, 3.05) is 18.5 Å². The molecule has 0 bridgehead atoms. The lowest BCUT2D eigenvalue weighted by atomic mass is 10.0. The minimum absolute atomic E-state index is 0.355. The Labute approximate surface area is 132 Å². The normalized spacial score (nSPS) is 18.6. The summed E-state index contributed by atoms with van der Waals surface area (Å²) in [5.41, 5.74) is 1.27. The summed E-state index contributed by atoms with van der Waals surface area (Å²) in [4.78, 5) is 21.6. The molecule has 3 rings (SSSR count). The van der Waals surface area contributed by atoms with Gasteiger partial charge in [0.1, 0.15) is 15.9 Å². The van der Waals surface area contributed by atoms with Crippen LogP contribution >= 0.6 is 11.3 Å². The Morgan fingerprint density at radius 2 is 2.23 bits per heavy atom. The molecule has 7 heteroatoms. The average Bonchev–Trinajstić information content (AvgIpc) is 3.03. The summed E-state index contributed by atoms with van der Waals surface area (Å²) >= 11 is 1.35. The predicted molar refractivity (Wildman–Crippen MR) is 85.4 cm³/mol. The van der Waals surface area contributed by atoms with Gasteiger partial charge in [-0.05, 0) is 39.3 Å². The van der Waals surface area contributed by atoms with E-state index >= 15 is 0 Å². The minimum atomic E-state index is -0.533.